The van der Waals surface area contributed by atoms with Gasteiger partial charge in [0.1, 0.15) is 6.10 Å². The van der Waals surface area contributed by atoms with Gasteiger partial charge in [0, 0.05) is 19.0 Å². The maximum Gasteiger partial charge on any atom is 0.167 e. The van der Waals surface area contributed by atoms with Gasteiger partial charge in [0.2, 0.25) is 0 Å². The summed E-state index contributed by atoms with van der Waals surface area (Å²) in [4.78, 5) is 12.1. The second-order valence-electron chi connectivity index (χ2n) is 4.56. The summed E-state index contributed by atoms with van der Waals surface area (Å²) in [6.07, 6.45) is 0.701. The molecule has 0 aliphatic heterocycles. The van der Waals surface area contributed by atoms with Gasteiger partial charge in [0.15, 0.2) is 5.78 Å². The molecule has 102 valence electrons. The number of hydrogen-bond acceptors (Lipinski definition) is 3. The standard InChI is InChI=1S/C15H20N2O2/c1-4-15(19-3)14(18)10-12-11-8-6-7-9-13(11)17(5-2)16-12/h6-9,15H,4-5,10H2,1-3H3. The van der Waals surface area contributed by atoms with E-state index in [0.717, 1.165) is 23.1 Å². The van der Waals surface area contributed by atoms with Crippen LogP contribution in [0.1, 0.15) is 26.0 Å². The lowest BCUT2D eigenvalue weighted by Crippen LogP contribution is -2.24. The van der Waals surface area contributed by atoms with E-state index in [0.29, 0.717) is 12.8 Å². The van der Waals surface area contributed by atoms with E-state index in [1.807, 2.05) is 35.9 Å². The molecular weight excluding hydrogens is 240 g/mol. The van der Waals surface area contributed by atoms with E-state index in [4.69, 9.17) is 4.74 Å². The summed E-state index contributed by atoms with van der Waals surface area (Å²) < 4.78 is 7.13. The lowest BCUT2D eigenvalue weighted by Gasteiger charge is -2.10. The van der Waals surface area contributed by atoms with Crippen molar-refractivity contribution >= 4 is 16.7 Å². The lowest BCUT2D eigenvalue weighted by molar-refractivity contribution is -0.128. The third kappa shape index (κ3) is 2.68. The van der Waals surface area contributed by atoms with Crippen molar-refractivity contribution in [3.63, 3.8) is 0 Å². The Labute approximate surface area is 113 Å². The Bertz CT molecular complexity index is 571. The van der Waals surface area contributed by atoms with Crippen molar-refractivity contribution in [2.45, 2.75) is 39.3 Å². The molecule has 1 unspecified atom stereocenters. The van der Waals surface area contributed by atoms with Gasteiger partial charge in [-0.15, -0.1) is 0 Å². The van der Waals surface area contributed by atoms with Gasteiger partial charge in [0.25, 0.3) is 0 Å². The van der Waals surface area contributed by atoms with Gasteiger partial charge in [-0.3, -0.25) is 9.48 Å². The fraction of sp³-hybridized carbons (Fsp3) is 0.467. The number of hydrogen-bond donors (Lipinski definition) is 0. The molecule has 1 heterocycles. The van der Waals surface area contributed by atoms with Crippen molar-refractivity contribution in [2.24, 2.45) is 0 Å². The molecular formula is C15H20N2O2. The molecule has 0 N–H and O–H groups in total. The first-order valence-corrected chi connectivity index (χ1v) is 6.71. The first-order valence-electron chi connectivity index (χ1n) is 6.71. The van der Waals surface area contributed by atoms with Crippen LogP contribution in [-0.4, -0.2) is 28.8 Å². The zero-order valence-corrected chi connectivity index (χ0v) is 11.7. The minimum absolute atomic E-state index is 0.0940. The zero-order valence-electron chi connectivity index (χ0n) is 11.7. The Morgan fingerprint density at radius 2 is 2.11 bits per heavy atom. The highest BCUT2D eigenvalue weighted by molar-refractivity contribution is 5.90. The van der Waals surface area contributed by atoms with E-state index in [9.17, 15) is 4.79 Å². The molecule has 0 aliphatic carbocycles. The molecule has 0 spiro atoms. The monoisotopic (exact) mass is 260 g/mol. The summed E-state index contributed by atoms with van der Waals surface area (Å²) in [7, 11) is 1.58. The Morgan fingerprint density at radius 1 is 1.37 bits per heavy atom. The number of nitrogens with zero attached hydrogens (tertiary/aromatic N) is 2. The van der Waals surface area contributed by atoms with Crippen LogP contribution in [0.25, 0.3) is 10.9 Å². The Balaban J connectivity index is 2.33. The number of ketones is 1. The average molecular weight is 260 g/mol. The van der Waals surface area contributed by atoms with Crippen LogP contribution in [0.4, 0.5) is 0 Å². The summed E-state index contributed by atoms with van der Waals surface area (Å²) in [5.74, 6) is 0.0940. The predicted octanol–water partition coefficient (Wildman–Crippen LogP) is 2.59. The first kappa shape index (κ1) is 13.7. The number of fused-ring (bicyclic) bond motifs is 1. The second-order valence-corrected chi connectivity index (χ2v) is 4.56. The van der Waals surface area contributed by atoms with Gasteiger partial charge in [-0.1, -0.05) is 25.1 Å². The van der Waals surface area contributed by atoms with Gasteiger partial charge >= 0.3 is 0 Å². The van der Waals surface area contributed by atoms with Crippen molar-refractivity contribution in [1.29, 1.82) is 0 Å². The van der Waals surface area contributed by atoms with E-state index in [1.54, 1.807) is 7.11 Å². The third-order valence-corrected chi connectivity index (χ3v) is 3.39. The molecule has 0 saturated heterocycles. The Hall–Kier alpha value is -1.68. The largest absolute Gasteiger partial charge is 0.374 e. The lowest BCUT2D eigenvalue weighted by atomic mass is 10.1. The summed E-state index contributed by atoms with van der Waals surface area (Å²) in [5.41, 5.74) is 1.93. The van der Waals surface area contributed by atoms with Crippen molar-refractivity contribution in [2.75, 3.05) is 7.11 Å². The van der Waals surface area contributed by atoms with E-state index in [1.165, 1.54) is 0 Å². The highest BCUT2D eigenvalue weighted by Gasteiger charge is 2.19. The molecule has 0 radical (unpaired) electrons. The fourth-order valence-corrected chi connectivity index (χ4v) is 2.37. The van der Waals surface area contributed by atoms with Crippen molar-refractivity contribution in [3.8, 4) is 0 Å². The van der Waals surface area contributed by atoms with Crippen molar-refractivity contribution < 1.29 is 9.53 Å². The van der Waals surface area contributed by atoms with Gasteiger partial charge in [0.05, 0.1) is 17.6 Å². The highest BCUT2D eigenvalue weighted by atomic mass is 16.5. The van der Waals surface area contributed by atoms with Crippen LogP contribution in [0.2, 0.25) is 0 Å². The molecule has 0 fully saturated rings. The first-order chi connectivity index (χ1) is 9.21. The predicted molar refractivity (Wildman–Crippen MR) is 75.2 cm³/mol. The van der Waals surface area contributed by atoms with Crippen LogP contribution in [0.5, 0.6) is 0 Å². The molecule has 2 rings (SSSR count). The maximum atomic E-state index is 12.1. The van der Waals surface area contributed by atoms with E-state index < -0.39 is 0 Å². The zero-order chi connectivity index (χ0) is 13.8. The van der Waals surface area contributed by atoms with Crippen LogP contribution in [0.15, 0.2) is 24.3 Å². The third-order valence-electron chi connectivity index (χ3n) is 3.39. The number of rotatable bonds is 6. The highest BCUT2D eigenvalue weighted by Crippen LogP contribution is 2.19. The fourth-order valence-electron chi connectivity index (χ4n) is 2.37. The number of carbonyl (C=O) groups is 1. The molecule has 0 amide bonds. The van der Waals surface area contributed by atoms with E-state index >= 15 is 0 Å². The average Bonchev–Trinajstić information content (AvgIpc) is 2.78. The topological polar surface area (TPSA) is 44.1 Å². The second kappa shape index (κ2) is 5.97. The van der Waals surface area contributed by atoms with E-state index in [2.05, 4.69) is 12.0 Å². The Kier molecular flexibility index (Phi) is 4.32. The van der Waals surface area contributed by atoms with E-state index in [-0.39, 0.29) is 11.9 Å². The molecule has 19 heavy (non-hydrogen) atoms. The molecule has 0 saturated carbocycles. The minimum Gasteiger partial charge on any atom is -0.374 e. The molecule has 0 bridgehead atoms. The van der Waals surface area contributed by atoms with Gasteiger partial charge < -0.3 is 4.74 Å². The summed E-state index contributed by atoms with van der Waals surface area (Å²) in [5, 5.41) is 5.60. The summed E-state index contributed by atoms with van der Waals surface area (Å²) in [6, 6.07) is 8.02. The maximum absolute atomic E-state index is 12.1. The Morgan fingerprint density at radius 3 is 2.74 bits per heavy atom. The number of methoxy groups -OCH3 is 1. The molecule has 1 aromatic heterocycles. The quantitative estimate of drug-likeness (QED) is 0.802. The summed E-state index contributed by atoms with van der Waals surface area (Å²) in [6.45, 7) is 4.81. The van der Waals surface area contributed by atoms with Crippen molar-refractivity contribution in [3.05, 3.63) is 30.0 Å². The number of benzene rings is 1. The van der Waals surface area contributed by atoms with Gasteiger partial charge in [-0.2, -0.15) is 5.10 Å². The van der Waals surface area contributed by atoms with Crippen LogP contribution in [-0.2, 0) is 22.5 Å². The van der Waals surface area contributed by atoms with Crippen LogP contribution < -0.4 is 0 Å². The normalized spacial score (nSPS) is 12.8. The molecule has 4 heteroatoms. The SMILES string of the molecule is CCC(OC)C(=O)Cc1nn(CC)c2ccccc12. The molecule has 4 nitrogen and oxygen atoms in total. The molecule has 0 aliphatic rings. The molecule has 1 atom stereocenters. The van der Waals surface area contributed by atoms with Gasteiger partial charge in [-0.05, 0) is 19.4 Å². The smallest absolute Gasteiger partial charge is 0.167 e. The number of aromatic nitrogens is 2. The molecule has 2 aromatic rings. The minimum atomic E-state index is -0.328. The number of Topliss-reactive ketones (excluding diaryl/α,β-unsaturated/α-hetero) is 1. The summed E-state index contributed by atoms with van der Waals surface area (Å²) >= 11 is 0. The number of para-hydroxylation sites is 1. The number of carbonyl (C=O) groups excluding carboxylic acids is 1. The van der Waals surface area contributed by atoms with Crippen LogP contribution >= 0.6 is 0 Å². The molecule has 1 aromatic carbocycles. The number of aryl methyl sites for hydroxylation is 1. The van der Waals surface area contributed by atoms with Crippen LogP contribution in [0.3, 0.4) is 0 Å². The van der Waals surface area contributed by atoms with Crippen molar-refractivity contribution in [1.82, 2.24) is 9.78 Å². The van der Waals surface area contributed by atoms with Crippen LogP contribution in [0, 0.1) is 0 Å². The number of ether oxygens (including phenoxy) is 1. The van der Waals surface area contributed by atoms with Gasteiger partial charge in [-0.25, -0.2) is 0 Å².